The fourth-order valence-electron chi connectivity index (χ4n) is 0.364. The Kier molecular flexibility index (Phi) is 3.39. The van der Waals surface area contributed by atoms with Crippen molar-refractivity contribution in [3.8, 4) is 0 Å². The summed E-state index contributed by atoms with van der Waals surface area (Å²) in [5.41, 5.74) is 0. The number of nitrogens with one attached hydrogen (secondary N) is 1. The van der Waals surface area contributed by atoms with E-state index in [1.165, 1.54) is 4.72 Å². The third-order valence-corrected chi connectivity index (χ3v) is 1.40. The van der Waals surface area contributed by atoms with Gasteiger partial charge in [0, 0.05) is 0 Å². The molecule has 0 heterocycles. The van der Waals surface area contributed by atoms with Crippen LogP contribution in [0.1, 0.15) is 0 Å². The van der Waals surface area contributed by atoms with Gasteiger partial charge in [0.05, 0.1) is 6.61 Å². The van der Waals surface area contributed by atoms with Gasteiger partial charge in [-0.05, 0) is 0 Å². The van der Waals surface area contributed by atoms with Gasteiger partial charge in [-0.25, -0.2) is 5.14 Å². The number of aliphatic carboxylic acids is 1. The molecule has 8 heteroatoms. The van der Waals surface area contributed by atoms with E-state index in [-0.39, 0.29) is 0 Å². The zero-order chi connectivity index (χ0) is 9.07. The van der Waals surface area contributed by atoms with Gasteiger partial charge in [0.15, 0.2) is 0 Å². The van der Waals surface area contributed by atoms with Crippen LogP contribution < -0.4 is 9.86 Å². The van der Waals surface area contributed by atoms with E-state index in [4.69, 9.17) is 10.2 Å². The molecule has 0 spiro atoms. The molecule has 66 valence electrons. The Morgan fingerprint density at radius 1 is 1.64 bits per heavy atom. The highest BCUT2D eigenvalue weighted by Crippen LogP contribution is 1.83. The summed E-state index contributed by atoms with van der Waals surface area (Å²) in [6, 6.07) is -1.58. The molecule has 0 saturated heterocycles. The van der Waals surface area contributed by atoms with Crippen LogP contribution in [0.15, 0.2) is 0 Å². The van der Waals surface area contributed by atoms with Gasteiger partial charge < -0.3 is 10.2 Å². The lowest BCUT2D eigenvalue weighted by Crippen LogP contribution is -2.46. The van der Waals surface area contributed by atoms with Gasteiger partial charge in [-0.1, -0.05) is 0 Å². The number of carbonyl (C=O) groups is 1. The molecule has 1 atom stereocenters. The van der Waals surface area contributed by atoms with Gasteiger partial charge in [-0.2, -0.15) is 13.1 Å². The lowest BCUT2D eigenvalue weighted by molar-refractivity contribution is -0.139. The van der Waals surface area contributed by atoms with E-state index >= 15 is 0 Å². The van der Waals surface area contributed by atoms with Crippen molar-refractivity contribution in [2.45, 2.75) is 6.04 Å². The van der Waals surface area contributed by atoms with E-state index in [9.17, 15) is 13.2 Å². The molecule has 0 aliphatic heterocycles. The Hall–Kier alpha value is -0.700. The van der Waals surface area contributed by atoms with Crippen molar-refractivity contribution in [3.05, 3.63) is 0 Å². The number of carboxylic acids is 1. The Balaban J connectivity index is 4.22. The fraction of sp³-hybridized carbons (Fsp3) is 0.667. The fourth-order valence-corrected chi connectivity index (χ4v) is 0.936. The third kappa shape index (κ3) is 4.67. The summed E-state index contributed by atoms with van der Waals surface area (Å²) in [6.07, 6.45) is 0. The van der Waals surface area contributed by atoms with Crippen molar-refractivity contribution in [1.29, 1.82) is 0 Å². The normalized spacial score (nSPS) is 14.4. The van der Waals surface area contributed by atoms with Crippen LogP contribution in [-0.4, -0.2) is 37.2 Å². The first-order valence-electron chi connectivity index (χ1n) is 2.50. The Labute approximate surface area is 63.0 Å². The number of aliphatic hydroxyl groups is 1. The largest absolute Gasteiger partial charge is 0.480 e. The number of carboxylic acid groups (broad SMARTS) is 1. The van der Waals surface area contributed by atoms with Crippen LogP contribution in [0.25, 0.3) is 0 Å². The minimum absolute atomic E-state index is 0.842. The minimum atomic E-state index is -4.07. The summed E-state index contributed by atoms with van der Waals surface area (Å²) in [5, 5.41) is 20.9. The summed E-state index contributed by atoms with van der Waals surface area (Å²) in [4.78, 5) is 10.1. The molecule has 0 fully saturated rings. The standard InChI is InChI=1S/C3H8N2O5S/c4-11(9,10)5-2(1-6)3(7)8/h2,5-6H,1H2,(H,7,8)(H2,4,9,10)/t2-/m1/s1. The SMILES string of the molecule is NS(=O)(=O)N[C@H](CO)C(=O)O. The second-order valence-electron chi connectivity index (χ2n) is 1.74. The topological polar surface area (TPSA) is 130 Å². The van der Waals surface area contributed by atoms with Gasteiger partial charge >= 0.3 is 5.97 Å². The number of nitrogens with two attached hydrogens (primary N) is 1. The van der Waals surface area contributed by atoms with E-state index < -0.39 is 28.8 Å². The molecule has 11 heavy (non-hydrogen) atoms. The lowest BCUT2D eigenvalue weighted by atomic mass is 10.3. The molecule has 0 unspecified atom stereocenters. The summed E-state index contributed by atoms with van der Waals surface area (Å²) in [6.45, 7) is -0.842. The maximum atomic E-state index is 10.2. The second-order valence-corrected chi connectivity index (χ2v) is 3.06. The van der Waals surface area contributed by atoms with Crippen LogP contribution >= 0.6 is 0 Å². The molecular weight excluding hydrogens is 176 g/mol. The van der Waals surface area contributed by atoms with Crippen LogP contribution in [0.3, 0.4) is 0 Å². The first-order valence-corrected chi connectivity index (χ1v) is 4.05. The summed E-state index contributed by atoms with van der Waals surface area (Å²) < 4.78 is 21.9. The lowest BCUT2D eigenvalue weighted by Gasteiger charge is -2.07. The average molecular weight is 184 g/mol. The van der Waals surface area contributed by atoms with Gasteiger partial charge in [0.2, 0.25) is 0 Å². The van der Waals surface area contributed by atoms with Gasteiger partial charge in [-0.3, -0.25) is 4.79 Å². The predicted molar refractivity (Wildman–Crippen MR) is 34.8 cm³/mol. The van der Waals surface area contributed by atoms with Crippen LogP contribution in [0.2, 0.25) is 0 Å². The molecular formula is C3H8N2O5S. The van der Waals surface area contributed by atoms with E-state index in [0.29, 0.717) is 0 Å². The number of hydrogen-bond acceptors (Lipinski definition) is 4. The van der Waals surface area contributed by atoms with E-state index in [1.54, 1.807) is 0 Å². The molecule has 5 N–H and O–H groups in total. The Morgan fingerprint density at radius 2 is 2.09 bits per heavy atom. The van der Waals surface area contributed by atoms with Crippen molar-refractivity contribution >= 4 is 16.2 Å². The smallest absolute Gasteiger partial charge is 0.324 e. The summed E-state index contributed by atoms with van der Waals surface area (Å²) in [5.74, 6) is -1.48. The number of aliphatic hydroxyl groups excluding tert-OH is 1. The van der Waals surface area contributed by atoms with Gasteiger partial charge in [-0.15, -0.1) is 0 Å². The number of hydrogen-bond donors (Lipinski definition) is 4. The number of rotatable bonds is 4. The maximum absolute atomic E-state index is 10.2. The minimum Gasteiger partial charge on any atom is -0.480 e. The van der Waals surface area contributed by atoms with E-state index in [1.807, 2.05) is 0 Å². The van der Waals surface area contributed by atoms with Crippen LogP contribution in [0.5, 0.6) is 0 Å². The van der Waals surface area contributed by atoms with Crippen LogP contribution in [-0.2, 0) is 15.0 Å². The molecule has 0 aromatic heterocycles. The van der Waals surface area contributed by atoms with Crippen molar-refractivity contribution in [1.82, 2.24) is 4.72 Å². The zero-order valence-corrected chi connectivity index (χ0v) is 6.21. The molecule has 0 saturated carbocycles. The van der Waals surface area contributed by atoms with Crippen molar-refractivity contribution in [3.63, 3.8) is 0 Å². The highest BCUT2D eigenvalue weighted by Gasteiger charge is 2.19. The van der Waals surface area contributed by atoms with Crippen molar-refractivity contribution in [2.24, 2.45) is 5.14 Å². The molecule has 0 radical (unpaired) electrons. The van der Waals surface area contributed by atoms with Crippen LogP contribution in [0, 0.1) is 0 Å². The molecule has 0 aliphatic carbocycles. The Bertz CT molecular complexity index is 234. The molecule has 0 aliphatic rings. The van der Waals surface area contributed by atoms with E-state index in [2.05, 4.69) is 5.14 Å². The first kappa shape index (κ1) is 10.3. The third-order valence-electron chi connectivity index (χ3n) is 0.787. The monoisotopic (exact) mass is 184 g/mol. The highest BCUT2D eigenvalue weighted by atomic mass is 32.2. The highest BCUT2D eigenvalue weighted by molar-refractivity contribution is 7.87. The molecule has 0 rings (SSSR count). The van der Waals surface area contributed by atoms with Crippen molar-refractivity contribution in [2.75, 3.05) is 6.61 Å². The zero-order valence-electron chi connectivity index (χ0n) is 5.39. The van der Waals surface area contributed by atoms with Gasteiger partial charge in [0.1, 0.15) is 6.04 Å². The molecule has 0 bridgehead atoms. The molecule has 0 aromatic carbocycles. The second kappa shape index (κ2) is 3.62. The predicted octanol–water partition coefficient (Wildman–Crippen LogP) is -2.77. The van der Waals surface area contributed by atoms with Crippen LogP contribution in [0.4, 0.5) is 0 Å². The molecule has 7 nitrogen and oxygen atoms in total. The first-order chi connectivity index (χ1) is 4.87. The van der Waals surface area contributed by atoms with Gasteiger partial charge in [0.25, 0.3) is 10.2 Å². The average Bonchev–Trinajstić information content (AvgIpc) is 1.80. The van der Waals surface area contributed by atoms with E-state index in [0.717, 1.165) is 0 Å². The quantitative estimate of drug-likeness (QED) is 0.375. The maximum Gasteiger partial charge on any atom is 0.324 e. The summed E-state index contributed by atoms with van der Waals surface area (Å²) in [7, 11) is -4.07. The van der Waals surface area contributed by atoms with Crippen molar-refractivity contribution < 1.29 is 23.4 Å². The Morgan fingerprint density at radius 3 is 2.18 bits per heavy atom. The molecule has 0 amide bonds. The molecule has 0 aromatic rings. The summed E-state index contributed by atoms with van der Waals surface area (Å²) >= 11 is 0.